The summed E-state index contributed by atoms with van der Waals surface area (Å²) in [7, 11) is 0. The van der Waals surface area contributed by atoms with Gasteiger partial charge in [-0.15, -0.1) is 0 Å². The van der Waals surface area contributed by atoms with Gasteiger partial charge in [0.15, 0.2) is 0 Å². The van der Waals surface area contributed by atoms with Crippen LogP contribution in [0.2, 0.25) is 0 Å². The Morgan fingerprint density at radius 1 is 1.00 bits per heavy atom. The molecule has 11 heavy (non-hydrogen) atoms. The topological polar surface area (TPSA) is 20.2 Å². The minimum absolute atomic E-state index is 0.397. The van der Waals surface area contributed by atoms with Crippen LogP contribution in [0.4, 0.5) is 0 Å². The quantitative estimate of drug-likeness (QED) is 0.629. The molecule has 0 atom stereocenters. The second kappa shape index (κ2) is 5.59. The number of rotatable bonds is 6. The van der Waals surface area contributed by atoms with Crippen LogP contribution in [-0.4, -0.2) is 10.7 Å². The molecular weight excluding hydrogens is 136 g/mol. The van der Waals surface area contributed by atoms with Crippen LogP contribution in [0.25, 0.3) is 0 Å². The molecule has 1 N–H and O–H groups in total. The molecule has 0 heterocycles. The number of unbranched alkanes of at least 4 members (excludes halogenated alkanes) is 2. The minimum atomic E-state index is -0.397. The first-order chi connectivity index (χ1) is 5.12. The van der Waals surface area contributed by atoms with Crippen LogP contribution < -0.4 is 0 Å². The third-order valence-electron chi connectivity index (χ3n) is 2.14. The third-order valence-corrected chi connectivity index (χ3v) is 2.14. The van der Waals surface area contributed by atoms with Crippen molar-refractivity contribution >= 4 is 0 Å². The largest absolute Gasteiger partial charge is 0.390 e. The van der Waals surface area contributed by atoms with Gasteiger partial charge < -0.3 is 5.11 Å². The van der Waals surface area contributed by atoms with Gasteiger partial charge in [0.25, 0.3) is 0 Å². The van der Waals surface area contributed by atoms with Crippen molar-refractivity contribution < 1.29 is 5.11 Å². The molecule has 0 radical (unpaired) electrons. The Hall–Kier alpha value is -0.0400. The molecule has 0 aromatic carbocycles. The maximum Gasteiger partial charge on any atom is 0.0619 e. The average Bonchev–Trinajstić information content (AvgIpc) is 1.97. The molecule has 68 valence electrons. The van der Waals surface area contributed by atoms with E-state index in [2.05, 4.69) is 13.8 Å². The van der Waals surface area contributed by atoms with Gasteiger partial charge in [0.2, 0.25) is 0 Å². The minimum Gasteiger partial charge on any atom is -0.390 e. The highest BCUT2D eigenvalue weighted by Crippen LogP contribution is 2.19. The van der Waals surface area contributed by atoms with Crippen molar-refractivity contribution in [2.24, 2.45) is 0 Å². The maximum atomic E-state index is 9.78. The Morgan fingerprint density at radius 3 is 1.64 bits per heavy atom. The van der Waals surface area contributed by atoms with Crippen molar-refractivity contribution in [3.05, 3.63) is 0 Å². The van der Waals surface area contributed by atoms with Gasteiger partial charge in [-0.2, -0.15) is 0 Å². The summed E-state index contributed by atoms with van der Waals surface area (Å²) in [6.07, 6.45) is 6.59. The molecule has 0 unspecified atom stereocenters. The Kier molecular flexibility index (Phi) is 5.57. The van der Waals surface area contributed by atoms with Crippen molar-refractivity contribution in [1.82, 2.24) is 0 Å². The van der Waals surface area contributed by atoms with Crippen molar-refractivity contribution in [3.63, 3.8) is 0 Å². The molecule has 0 bridgehead atoms. The third kappa shape index (κ3) is 6.36. The summed E-state index contributed by atoms with van der Waals surface area (Å²) in [5, 5.41) is 9.78. The van der Waals surface area contributed by atoms with E-state index < -0.39 is 5.60 Å². The van der Waals surface area contributed by atoms with Crippen LogP contribution in [-0.2, 0) is 0 Å². The Morgan fingerprint density at radius 2 is 1.36 bits per heavy atom. The number of aliphatic hydroxyl groups is 1. The van der Waals surface area contributed by atoms with Gasteiger partial charge in [-0.3, -0.25) is 0 Å². The standard InChI is InChI=1S/C10H22O/c1-4-6-8-10(3,11)9-7-5-2/h11H,4-9H2,1-3H3. The van der Waals surface area contributed by atoms with E-state index >= 15 is 0 Å². The fraction of sp³-hybridized carbons (Fsp3) is 1.00. The highest BCUT2D eigenvalue weighted by Gasteiger charge is 2.17. The summed E-state index contributed by atoms with van der Waals surface area (Å²) >= 11 is 0. The summed E-state index contributed by atoms with van der Waals surface area (Å²) in [4.78, 5) is 0. The second-order valence-corrected chi connectivity index (χ2v) is 3.70. The number of hydrogen-bond donors (Lipinski definition) is 1. The lowest BCUT2D eigenvalue weighted by Crippen LogP contribution is -2.23. The van der Waals surface area contributed by atoms with Crippen molar-refractivity contribution in [2.75, 3.05) is 0 Å². The van der Waals surface area contributed by atoms with Crippen LogP contribution in [0.1, 0.15) is 59.3 Å². The predicted octanol–water partition coefficient (Wildman–Crippen LogP) is 3.12. The smallest absolute Gasteiger partial charge is 0.0619 e. The Balaban J connectivity index is 3.43. The molecule has 0 rings (SSSR count). The average molecular weight is 158 g/mol. The van der Waals surface area contributed by atoms with Gasteiger partial charge in [-0.1, -0.05) is 39.5 Å². The van der Waals surface area contributed by atoms with Crippen LogP contribution in [0.5, 0.6) is 0 Å². The summed E-state index contributed by atoms with van der Waals surface area (Å²) < 4.78 is 0. The van der Waals surface area contributed by atoms with E-state index in [0.717, 1.165) is 25.7 Å². The van der Waals surface area contributed by atoms with Gasteiger partial charge in [0, 0.05) is 0 Å². The Bertz CT molecular complexity index is 76.9. The zero-order valence-electron chi connectivity index (χ0n) is 8.19. The predicted molar refractivity (Wildman–Crippen MR) is 49.7 cm³/mol. The van der Waals surface area contributed by atoms with E-state index in [1.54, 1.807) is 0 Å². The molecule has 0 aromatic heterocycles. The molecule has 1 nitrogen and oxygen atoms in total. The van der Waals surface area contributed by atoms with Crippen molar-refractivity contribution in [2.45, 2.75) is 64.9 Å². The molecule has 0 spiro atoms. The van der Waals surface area contributed by atoms with Crippen molar-refractivity contribution in [1.29, 1.82) is 0 Å². The van der Waals surface area contributed by atoms with Crippen molar-refractivity contribution in [3.8, 4) is 0 Å². The van der Waals surface area contributed by atoms with Crippen LogP contribution in [0.3, 0.4) is 0 Å². The maximum absolute atomic E-state index is 9.78. The molecule has 0 aliphatic rings. The van der Waals surface area contributed by atoms with Gasteiger partial charge in [0.05, 0.1) is 5.60 Å². The first kappa shape index (κ1) is 11.0. The number of hydrogen-bond acceptors (Lipinski definition) is 1. The van der Waals surface area contributed by atoms with E-state index in [4.69, 9.17) is 0 Å². The lowest BCUT2D eigenvalue weighted by Gasteiger charge is -2.22. The van der Waals surface area contributed by atoms with Crippen LogP contribution in [0, 0.1) is 0 Å². The summed E-state index contributed by atoms with van der Waals surface area (Å²) in [5.74, 6) is 0. The fourth-order valence-corrected chi connectivity index (χ4v) is 1.24. The highest BCUT2D eigenvalue weighted by atomic mass is 16.3. The second-order valence-electron chi connectivity index (χ2n) is 3.70. The molecular formula is C10H22O. The molecule has 0 saturated heterocycles. The molecule has 0 fully saturated rings. The van der Waals surface area contributed by atoms with Gasteiger partial charge >= 0.3 is 0 Å². The molecule has 0 amide bonds. The van der Waals surface area contributed by atoms with Gasteiger partial charge in [0.1, 0.15) is 0 Å². The lowest BCUT2D eigenvalue weighted by atomic mass is 9.93. The fourth-order valence-electron chi connectivity index (χ4n) is 1.24. The lowest BCUT2D eigenvalue weighted by molar-refractivity contribution is 0.0376. The zero-order valence-corrected chi connectivity index (χ0v) is 8.19. The molecule has 1 heteroatoms. The van der Waals surface area contributed by atoms with E-state index in [9.17, 15) is 5.11 Å². The van der Waals surface area contributed by atoms with E-state index in [1.165, 1.54) is 12.8 Å². The molecule has 0 aliphatic heterocycles. The first-order valence-electron chi connectivity index (χ1n) is 4.84. The van der Waals surface area contributed by atoms with Crippen LogP contribution in [0.15, 0.2) is 0 Å². The normalized spacial score (nSPS) is 12.0. The van der Waals surface area contributed by atoms with E-state index in [-0.39, 0.29) is 0 Å². The van der Waals surface area contributed by atoms with E-state index in [1.807, 2.05) is 6.92 Å². The highest BCUT2D eigenvalue weighted by molar-refractivity contribution is 4.71. The first-order valence-corrected chi connectivity index (χ1v) is 4.84. The van der Waals surface area contributed by atoms with E-state index in [0.29, 0.717) is 0 Å². The summed E-state index contributed by atoms with van der Waals surface area (Å²) in [5.41, 5.74) is -0.397. The summed E-state index contributed by atoms with van der Waals surface area (Å²) in [6.45, 7) is 6.28. The Labute approximate surface area is 70.8 Å². The summed E-state index contributed by atoms with van der Waals surface area (Å²) in [6, 6.07) is 0. The monoisotopic (exact) mass is 158 g/mol. The molecule has 0 aliphatic carbocycles. The van der Waals surface area contributed by atoms with Gasteiger partial charge in [-0.25, -0.2) is 0 Å². The van der Waals surface area contributed by atoms with Crippen LogP contribution >= 0.6 is 0 Å². The molecule has 0 saturated carbocycles. The zero-order chi connectivity index (χ0) is 8.74. The molecule has 0 aromatic rings. The van der Waals surface area contributed by atoms with Gasteiger partial charge in [-0.05, 0) is 19.8 Å². The SMILES string of the molecule is CCCCC(C)(O)CCCC.